The Bertz CT molecular complexity index is 1330. The van der Waals surface area contributed by atoms with Crippen LogP contribution in [0.25, 0.3) is 0 Å². The van der Waals surface area contributed by atoms with Crippen LogP contribution in [0, 0.1) is 11.3 Å². The molecule has 45 heavy (non-hydrogen) atoms. The van der Waals surface area contributed by atoms with Gasteiger partial charge in [0.2, 0.25) is 5.91 Å². The van der Waals surface area contributed by atoms with Crippen LogP contribution >= 0.6 is 11.6 Å². The van der Waals surface area contributed by atoms with E-state index in [0.29, 0.717) is 24.4 Å². The van der Waals surface area contributed by atoms with Gasteiger partial charge in [0.15, 0.2) is 0 Å². The lowest BCUT2D eigenvalue weighted by atomic mass is 9.63. The van der Waals surface area contributed by atoms with Crippen LogP contribution in [0.1, 0.15) is 76.2 Å². The molecule has 2 saturated carbocycles. The third-order valence-electron chi connectivity index (χ3n) is 10.8. The maximum atomic E-state index is 14.3. The first-order chi connectivity index (χ1) is 22.0. The first-order valence-corrected chi connectivity index (χ1v) is 17.4. The van der Waals surface area contributed by atoms with Crippen LogP contribution in [0.2, 0.25) is 5.02 Å². The topological polar surface area (TPSA) is 84.3 Å². The van der Waals surface area contributed by atoms with Crippen LogP contribution < -0.4 is 15.4 Å². The molecular weight excluding hydrogens is 584 g/mol. The summed E-state index contributed by atoms with van der Waals surface area (Å²) in [7, 11) is 1.69. The molecule has 1 aromatic heterocycles. The zero-order valence-electron chi connectivity index (χ0n) is 26.7. The third-order valence-corrected chi connectivity index (χ3v) is 11.0. The van der Waals surface area contributed by atoms with Gasteiger partial charge in [-0.2, -0.15) is 5.10 Å². The van der Waals surface area contributed by atoms with E-state index in [1.807, 2.05) is 35.3 Å². The molecule has 1 atom stereocenters. The second-order valence-corrected chi connectivity index (χ2v) is 14.0. The summed E-state index contributed by atoms with van der Waals surface area (Å²) in [6.07, 6.45) is 17.0. The van der Waals surface area contributed by atoms with Crippen molar-refractivity contribution >= 4 is 23.2 Å². The number of ether oxygens (including phenoxy) is 1. The van der Waals surface area contributed by atoms with Gasteiger partial charge < -0.3 is 20.3 Å². The van der Waals surface area contributed by atoms with E-state index < -0.39 is 0 Å². The van der Waals surface area contributed by atoms with Gasteiger partial charge in [0.25, 0.3) is 0 Å². The molecule has 1 aliphatic heterocycles. The summed E-state index contributed by atoms with van der Waals surface area (Å²) in [5.74, 6) is 1.80. The van der Waals surface area contributed by atoms with Crippen LogP contribution in [0.5, 0.6) is 5.75 Å². The number of methoxy groups -OCH3 is 1. The Hall–Kier alpha value is -3.10. The normalized spacial score (nSPS) is 22.9. The fourth-order valence-electron chi connectivity index (χ4n) is 8.13. The second kappa shape index (κ2) is 15.0. The lowest BCUT2D eigenvalue weighted by Crippen LogP contribution is -2.55. The van der Waals surface area contributed by atoms with Crippen molar-refractivity contribution in [2.75, 3.05) is 25.5 Å². The minimum Gasteiger partial charge on any atom is -0.497 e. The number of anilines is 1. The van der Waals surface area contributed by atoms with E-state index in [2.05, 4.69) is 49.9 Å². The Morgan fingerprint density at radius 1 is 0.956 bits per heavy atom. The van der Waals surface area contributed by atoms with Crippen molar-refractivity contribution in [1.82, 2.24) is 25.0 Å². The van der Waals surface area contributed by atoms with Crippen molar-refractivity contribution < 1.29 is 9.53 Å². The number of carbonyl (C=O) groups excluding carboxylic acids is 1. The summed E-state index contributed by atoms with van der Waals surface area (Å²) in [4.78, 5) is 20.7. The fourth-order valence-corrected chi connectivity index (χ4v) is 8.25. The number of piperidine rings is 1. The first kappa shape index (κ1) is 31.9. The number of carbonyl (C=O) groups is 1. The summed E-state index contributed by atoms with van der Waals surface area (Å²) >= 11 is 6.20. The highest BCUT2D eigenvalue weighted by Crippen LogP contribution is 2.47. The van der Waals surface area contributed by atoms with Gasteiger partial charge in [-0.3, -0.25) is 9.48 Å². The Labute approximate surface area is 273 Å². The number of benzene rings is 2. The Morgan fingerprint density at radius 2 is 1.64 bits per heavy atom. The van der Waals surface area contributed by atoms with Crippen LogP contribution in [-0.4, -0.2) is 63.9 Å². The molecule has 242 valence electrons. The molecule has 3 aromatic rings. The number of hydrogen-bond acceptors (Lipinski definition) is 6. The van der Waals surface area contributed by atoms with E-state index in [1.54, 1.807) is 13.4 Å². The molecule has 8 nitrogen and oxygen atoms in total. The third kappa shape index (κ3) is 8.20. The van der Waals surface area contributed by atoms with Gasteiger partial charge in [0.05, 0.1) is 13.2 Å². The minimum absolute atomic E-state index is 0.180. The number of halogens is 1. The molecule has 2 heterocycles. The molecule has 2 N–H and O–H groups in total. The minimum atomic E-state index is -0.250. The van der Waals surface area contributed by atoms with Crippen LogP contribution in [-0.2, 0) is 17.8 Å². The van der Waals surface area contributed by atoms with E-state index >= 15 is 0 Å². The van der Waals surface area contributed by atoms with Gasteiger partial charge in [-0.05, 0) is 111 Å². The standard InChI is InChI=1S/C36H49ClN6O2/c1-45-33-17-15-31(16-18-33)40-30-11-13-32(14-12-30)41-34(23-27-7-9-29(37)10-8-27)35(44)42-21-19-36(20-22-42,24-43-26-38-25-39-43)28-5-3-2-4-6-28/h7-10,15-18,25-26,28,30,32,34,40-41H,2-6,11-14,19-24H2,1H3/t30?,32?,34-/m1/s1. The van der Waals surface area contributed by atoms with Crippen molar-refractivity contribution in [1.29, 1.82) is 0 Å². The smallest absolute Gasteiger partial charge is 0.240 e. The molecule has 3 fully saturated rings. The van der Waals surface area contributed by atoms with Crippen LogP contribution in [0.3, 0.4) is 0 Å². The van der Waals surface area contributed by atoms with E-state index in [9.17, 15) is 4.79 Å². The predicted molar refractivity (Wildman–Crippen MR) is 180 cm³/mol. The summed E-state index contributed by atoms with van der Waals surface area (Å²) in [6, 6.07) is 16.6. The molecule has 1 saturated heterocycles. The highest BCUT2D eigenvalue weighted by molar-refractivity contribution is 6.30. The second-order valence-electron chi connectivity index (χ2n) is 13.6. The van der Waals surface area contributed by atoms with Crippen LogP contribution in [0.15, 0.2) is 61.2 Å². The van der Waals surface area contributed by atoms with Gasteiger partial charge >= 0.3 is 0 Å². The van der Waals surface area contributed by atoms with Crippen molar-refractivity contribution in [2.24, 2.45) is 11.3 Å². The quantitative estimate of drug-likeness (QED) is 0.243. The van der Waals surface area contributed by atoms with E-state index in [4.69, 9.17) is 16.3 Å². The first-order valence-electron chi connectivity index (χ1n) is 17.0. The number of aromatic nitrogens is 3. The number of amides is 1. The zero-order valence-corrected chi connectivity index (χ0v) is 27.4. The Kier molecular flexibility index (Phi) is 10.6. The fraction of sp³-hybridized carbons (Fsp3) is 0.583. The van der Waals surface area contributed by atoms with Crippen LogP contribution in [0.4, 0.5) is 5.69 Å². The molecule has 6 rings (SSSR count). The van der Waals surface area contributed by atoms with Gasteiger partial charge in [-0.1, -0.05) is 43.0 Å². The highest BCUT2D eigenvalue weighted by Gasteiger charge is 2.44. The number of hydrogen-bond donors (Lipinski definition) is 2. The number of nitrogens with one attached hydrogen (secondary N) is 2. The summed E-state index contributed by atoms with van der Waals surface area (Å²) in [5, 5.41) is 12.7. The predicted octanol–water partition coefficient (Wildman–Crippen LogP) is 6.75. The summed E-state index contributed by atoms with van der Waals surface area (Å²) in [5.41, 5.74) is 2.44. The van der Waals surface area contributed by atoms with Crippen molar-refractivity contribution in [2.45, 2.75) is 102 Å². The largest absolute Gasteiger partial charge is 0.497 e. The zero-order chi connectivity index (χ0) is 31.1. The molecule has 0 bridgehead atoms. The molecule has 0 radical (unpaired) electrons. The van der Waals surface area contributed by atoms with Gasteiger partial charge in [-0.25, -0.2) is 4.98 Å². The monoisotopic (exact) mass is 632 g/mol. The SMILES string of the molecule is COc1ccc(NC2CCC(N[C@H](Cc3ccc(Cl)cc3)C(=O)N3CCC(Cn4cncn4)(C4CCCCC4)CC3)CC2)cc1. The lowest BCUT2D eigenvalue weighted by Gasteiger charge is -2.48. The summed E-state index contributed by atoms with van der Waals surface area (Å²) in [6.45, 7) is 2.52. The van der Waals surface area contributed by atoms with E-state index in [0.717, 1.165) is 80.2 Å². The van der Waals surface area contributed by atoms with E-state index in [1.165, 1.54) is 32.1 Å². The molecule has 2 aliphatic carbocycles. The number of nitrogens with zero attached hydrogens (tertiary/aromatic N) is 4. The Morgan fingerprint density at radius 3 is 2.29 bits per heavy atom. The lowest BCUT2D eigenvalue weighted by molar-refractivity contribution is -0.137. The maximum Gasteiger partial charge on any atom is 0.240 e. The number of rotatable bonds is 11. The average Bonchev–Trinajstić information content (AvgIpc) is 3.60. The molecule has 2 aromatic carbocycles. The van der Waals surface area contributed by atoms with Gasteiger partial charge in [0, 0.05) is 42.4 Å². The molecule has 9 heteroatoms. The molecule has 0 unspecified atom stereocenters. The molecule has 1 amide bonds. The van der Waals surface area contributed by atoms with E-state index in [-0.39, 0.29) is 17.4 Å². The Balaban J connectivity index is 1.10. The maximum absolute atomic E-state index is 14.3. The molecular formula is C36H49ClN6O2. The van der Waals surface area contributed by atoms with Crippen molar-refractivity contribution in [3.05, 3.63) is 71.8 Å². The average molecular weight is 633 g/mol. The number of likely N-dealkylation sites (tertiary alicyclic amines) is 1. The molecule has 0 spiro atoms. The van der Waals surface area contributed by atoms with Crippen molar-refractivity contribution in [3.63, 3.8) is 0 Å². The summed E-state index contributed by atoms with van der Waals surface area (Å²) < 4.78 is 7.33. The van der Waals surface area contributed by atoms with Gasteiger partial charge in [-0.15, -0.1) is 0 Å². The van der Waals surface area contributed by atoms with Gasteiger partial charge in [0.1, 0.15) is 18.4 Å². The molecule has 3 aliphatic rings. The highest BCUT2D eigenvalue weighted by atomic mass is 35.5. The van der Waals surface area contributed by atoms with Crippen molar-refractivity contribution in [3.8, 4) is 5.75 Å².